The Bertz CT molecular complexity index is 741. The predicted molar refractivity (Wildman–Crippen MR) is 92.0 cm³/mol. The zero-order chi connectivity index (χ0) is 17.6. The minimum absolute atomic E-state index is 0.0685. The summed E-state index contributed by atoms with van der Waals surface area (Å²) < 4.78 is 8.08. The number of ether oxygens (including phenoxy) is 1. The van der Waals surface area contributed by atoms with Gasteiger partial charge in [0.2, 0.25) is 0 Å². The van der Waals surface area contributed by atoms with E-state index < -0.39 is 0 Å². The summed E-state index contributed by atoms with van der Waals surface area (Å²) in [6.07, 6.45) is 2.41. The van der Waals surface area contributed by atoms with E-state index in [-0.39, 0.29) is 11.5 Å². The number of H-pyrrole nitrogens is 1. The number of morpholine rings is 1. The van der Waals surface area contributed by atoms with Crippen LogP contribution in [0.15, 0.2) is 0 Å². The first-order chi connectivity index (χ1) is 11.9. The van der Waals surface area contributed by atoms with Gasteiger partial charge in [-0.3, -0.25) is 10.00 Å². The van der Waals surface area contributed by atoms with Crippen LogP contribution in [0.2, 0.25) is 0 Å². The van der Waals surface area contributed by atoms with Crippen LogP contribution < -0.4 is 0 Å². The normalized spacial score (nSPS) is 22.5. The van der Waals surface area contributed by atoms with Crippen LogP contribution in [0.5, 0.6) is 0 Å². The summed E-state index contributed by atoms with van der Waals surface area (Å²) in [6, 6.07) is 0. The molecule has 2 aliphatic rings. The van der Waals surface area contributed by atoms with Crippen molar-refractivity contribution in [3.05, 3.63) is 23.3 Å². The second kappa shape index (κ2) is 6.17. The fourth-order valence-corrected chi connectivity index (χ4v) is 3.18. The molecule has 1 aliphatic heterocycles. The molecule has 1 saturated heterocycles. The van der Waals surface area contributed by atoms with Gasteiger partial charge in [0.25, 0.3) is 0 Å². The summed E-state index contributed by atoms with van der Waals surface area (Å²) in [5, 5.41) is 16.2. The van der Waals surface area contributed by atoms with Gasteiger partial charge in [0.15, 0.2) is 11.6 Å². The highest BCUT2D eigenvalue weighted by Crippen LogP contribution is 2.38. The maximum absolute atomic E-state index is 5.92. The lowest BCUT2D eigenvalue weighted by Gasteiger charge is -2.31. The van der Waals surface area contributed by atoms with Crippen molar-refractivity contribution in [2.75, 3.05) is 19.7 Å². The summed E-state index contributed by atoms with van der Waals surface area (Å²) in [7, 11) is 2.08. The quantitative estimate of drug-likeness (QED) is 0.907. The van der Waals surface area contributed by atoms with Gasteiger partial charge < -0.3 is 9.30 Å². The molecule has 0 radical (unpaired) electrons. The average Bonchev–Trinajstić information content (AvgIpc) is 3.15. The molecule has 0 bridgehead atoms. The number of hydrogen-bond donors (Lipinski definition) is 1. The van der Waals surface area contributed by atoms with Gasteiger partial charge in [0, 0.05) is 31.5 Å². The predicted octanol–water partition coefficient (Wildman–Crippen LogP) is 1.68. The largest absolute Gasteiger partial charge is 0.368 e. The Labute approximate surface area is 148 Å². The van der Waals surface area contributed by atoms with E-state index in [4.69, 9.17) is 4.74 Å². The van der Waals surface area contributed by atoms with Crippen molar-refractivity contribution in [3.8, 4) is 0 Å². The van der Waals surface area contributed by atoms with E-state index in [1.54, 1.807) is 0 Å². The Morgan fingerprint density at radius 1 is 1.24 bits per heavy atom. The Balaban J connectivity index is 1.43. The van der Waals surface area contributed by atoms with Crippen molar-refractivity contribution in [3.63, 3.8) is 0 Å². The second-order valence-corrected chi connectivity index (χ2v) is 8.20. The first-order valence-corrected chi connectivity index (χ1v) is 9.06. The number of nitrogens with zero attached hydrogens (tertiary/aromatic N) is 6. The minimum Gasteiger partial charge on any atom is -0.368 e. The second-order valence-electron chi connectivity index (χ2n) is 8.20. The third kappa shape index (κ3) is 3.46. The fourth-order valence-electron chi connectivity index (χ4n) is 3.18. The molecule has 25 heavy (non-hydrogen) atoms. The summed E-state index contributed by atoms with van der Waals surface area (Å²) in [6.45, 7) is 9.48. The molecule has 1 atom stereocenters. The smallest absolute Gasteiger partial charge is 0.156 e. The van der Waals surface area contributed by atoms with E-state index in [9.17, 15) is 0 Å². The first kappa shape index (κ1) is 16.7. The Hall–Kier alpha value is -1.80. The lowest BCUT2D eigenvalue weighted by molar-refractivity contribution is -0.0380. The lowest BCUT2D eigenvalue weighted by atomic mass is 9.96. The number of aromatic amines is 1. The van der Waals surface area contributed by atoms with Gasteiger partial charge in [0.05, 0.1) is 13.2 Å². The maximum atomic E-state index is 5.92. The van der Waals surface area contributed by atoms with Crippen LogP contribution in [0.4, 0.5) is 0 Å². The molecular weight excluding hydrogens is 318 g/mol. The summed E-state index contributed by atoms with van der Waals surface area (Å²) in [4.78, 5) is 7.00. The molecule has 2 fully saturated rings. The average molecular weight is 345 g/mol. The molecule has 8 nitrogen and oxygen atoms in total. The molecule has 0 aromatic carbocycles. The molecule has 1 saturated carbocycles. The molecule has 8 heteroatoms. The van der Waals surface area contributed by atoms with Crippen molar-refractivity contribution in [2.45, 2.75) is 57.6 Å². The third-order valence-corrected chi connectivity index (χ3v) is 4.94. The highest BCUT2D eigenvalue weighted by atomic mass is 16.5. The van der Waals surface area contributed by atoms with Gasteiger partial charge in [-0.05, 0) is 12.8 Å². The molecule has 0 spiro atoms. The maximum Gasteiger partial charge on any atom is 0.156 e. The van der Waals surface area contributed by atoms with Crippen molar-refractivity contribution in [1.82, 2.24) is 34.8 Å². The molecular formula is C17H27N7O. The minimum atomic E-state index is -0.0755. The van der Waals surface area contributed by atoms with Crippen molar-refractivity contribution >= 4 is 0 Å². The topological polar surface area (TPSA) is 84.8 Å². The van der Waals surface area contributed by atoms with Crippen LogP contribution >= 0.6 is 0 Å². The number of nitrogens with one attached hydrogen (secondary N) is 1. The third-order valence-electron chi connectivity index (χ3n) is 4.94. The van der Waals surface area contributed by atoms with E-state index in [0.717, 1.165) is 42.9 Å². The van der Waals surface area contributed by atoms with Crippen LogP contribution in [0.25, 0.3) is 0 Å². The van der Waals surface area contributed by atoms with Gasteiger partial charge in [-0.1, -0.05) is 20.8 Å². The zero-order valence-corrected chi connectivity index (χ0v) is 15.5. The monoisotopic (exact) mass is 345 g/mol. The molecule has 0 unspecified atom stereocenters. The van der Waals surface area contributed by atoms with Gasteiger partial charge in [-0.15, -0.1) is 10.2 Å². The molecule has 2 aromatic rings. The van der Waals surface area contributed by atoms with Gasteiger partial charge in [0.1, 0.15) is 17.8 Å². The van der Waals surface area contributed by atoms with Crippen LogP contribution in [0, 0.1) is 0 Å². The van der Waals surface area contributed by atoms with Crippen LogP contribution in [0.1, 0.15) is 68.9 Å². The van der Waals surface area contributed by atoms with Crippen molar-refractivity contribution in [1.29, 1.82) is 0 Å². The van der Waals surface area contributed by atoms with E-state index >= 15 is 0 Å². The molecule has 0 amide bonds. The molecule has 2 aromatic heterocycles. The number of hydrogen-bond acceptors (Lipinski definition) is 6. The summed E-state index contributed by atoms with van der Waals surface area (Å²) >= 11 is 0. The molecule has 1 aliphatic carbocycles. The molecule has 4 rings (SSSR count). The van der Waals surface area contributed by atoms with Crippen molar-refractivity contribution < 1.29 is 4.74 Å². The number of aromatic nitrogens is 6. The van der Waals surface area contributed by atoms with Gasteiger partial charge in [-0.25, -0.2) is 4.98 Å². The SMILES string of the molecule is Cn1c(CN2CCO[C@@H](c3nc(C(C)(C)C)n[nH]3)C2)nnc1C1CC1. The van der Waals surface area contributed by atoms with Gasteiger partial charge in [-0.2, -0.15) is 5.10 Å². The van der Waals surface area contributed by atoms with E-state index in [1.807, 2.05) is 0 Å². The van der Waals surface area contributed by atoms with Crippen LogP contribution in [-0.4, -0.2) is 54.5 Å². The Morgan fingerprint density at radius 3 is 2.72 bits per heavy atom. The number of rotatable bonds is 4. The van der Waals surface area contributed by atoms with Crippen molar-refractivity contribution in [2.24, 2.45) is 7.05 Å². The summed E-state index contributed by atoms with van der Waals surface area (Å²) in [5.41, 5.74) is -0.0685. The van der Waals surface area contributed by atoms with Gasteiger partial charge >= 0.3 is 0 Å². The molecule has 1 N–H and O–H groups in total. The standard InChI is InChI=1S/C17H27N7O/c1-17(2,3)16-18-14(20-22-16)12-9-24(7-8-25-12)10-13-19-21-15(23(13)4)11-5-6-11/h11-12H,5-10H2,1-4H3,(H,18,20,22)/t12-/m1/s1. The lowest BCUT2D eigenvalue weighted by Crippen LogP contribution is -2.38. The molecule has 136 valence electrons. The highest BCUT2D eigenvalue weighted by Gasteiger charge is 2.31. The summed E-state index contributed by atoms with van der Waals surface area (Å²) in [5.74, 6) is 4.41. The van der Waals surface area contributed by atoms with E-state index in [2.05, 4.69) is 62.7 Å². The van der Waals surface area contributed by atoms with E-state index in [0.29, 0.717) is 12.5 Å². The Morgan fingerprint density at radius 2 is 2.04 bits per heavy atom. The highest BCUT2D eigenvalue weighted by molar-refractivity contribution is 5.08. The fraction of sp³-hybridized carbons (Fsp3) is 0.765. The van der Waals surface area contributed by atoms with Crippen LogP contribution in [-0.2, 0) is 23.7 Å². The zero-order valence-electron chi connectivity index (χ0n) is 15.5. The first-order valence-electron chi connectivity index (χ1n) is 9.06. The Kier molecular flexibility index (Phi) is 4.11. The van der Waals surface area contributed by atoms with Crippen LogP contribution in [0.3, 0.4) is 0 Å². The molecule has 3 heterocycles. The van der Waals surface area contributed by atoms with E-state index in [1.165, 1.54) is 12.8 Å².